The highest BCUT2D eigenvalue weighted by Gasteiger charge is 2.48. The van der Waals surface area contributed by atoms with E-state index in [0.29, 0.717) is 13.0 Å². The average molecular weight is 713 g/mol. The van der Waals surface area contributed by atoms with Crippen LogP contribution in [0.5, 0.6) is 0 Å². The molecule has 0 unspecified atom stereocenters. The molecule has 294 valence electrons. The molecule has 0 spiro atoms. The van der Waals surface area contributed by atoms with Gasteiger partial charge in [0, 0.05) is 13.0 Å². The molecule has 7 N–H and O–H groups in total. The lowest BCUT2D eigenvalue weighted by atomic mass is 9.94. The average Bonchev–Trinajstić information content (AvgIpc) is 3.10. The van der Waals surface area contributed by atoms with Crippen molar-refractivity contribution in [3.63, 3.8) is 0 Å². The van der Waals surface area contributed by atoms with E-state index < -0.39 is 55.0 Å². The van der Waals surface area contributed by atoms with Crippen molar-refractivity contribution >= 4 is 17.7 Å². The predicted molar refractivity (Wildman–Crippen MR) is 200 cm³/mol. The lowest BCUT2D eigenvalue weighted by Crippen LogP contribution is -2.69. The van der Waals surface area contributed by atoms with Crippen molar-refractivity contribution in [3.05, 3.63) is 0 Å². The maximum absolute atomic E-state index is 13.8. The second-order valence-corrected chi connectivity index (χ2v) is 14.9. The number of carbonyl (C=O) groups is 3. The summed E-state index contributed by atoms with van der Waals surface area (Å²) in [6.07, 6.45) is 19.4. The molecule has 0 aromatic carbocycles. The number of ether oxygens (including phenoxy) is 1. The van der Waals surface area contributed by atoms with Crippen molar-refractivity contribution in [2.24, 2.45) is 11.7 Å². The minimum atomic E-state index is -1.51. The first-order chi connectivity index (χ1) is 24.1. The van der Waals surface area contributed by atoms with Crippen molar-refractivity contribution in [1.82, 2.24) is 15.5 Å². The Morgan fingerprint density at radius 2 is 1.18 bits per heavy atom. The second kappa shape index (κ2) is 28.8. The van der Waals surface area contributed by atoms with Crippen LogP contribution in [0.15, 0.2) is 0 Å². The Bertz CT molecular complexity index is 893. The lowest BCUT2D eigenvalue weighted by molar-refractivity contribution is -0.231. The van der Waals surface area contributed by atoms with Crippen LogP contribution in [0.3, 0.4) is 0 Å². The Balaban J connectivity index is 2.88. The Labute approximate surface area is 304 Å². The van der Waals surface area contributed by atoms with Crippen LogP contribution in [0.1, 0.15) is 169 Å². The van der Waals surface area contributed by atoms with Gasteiger partial charge in [-0.1, -0.05) is 150 Å². The van der Waals surface area contributed by atoms with Gasteiger partial charge in [0.1, 0.15) is 24.4 Å². The van der Waals surface area contributed by atoms with E-state index in [1.54, 1.807) is 18.7 Å². The van der Waals surface area contributed by atoms with Gasteiger partial charge < -0.3 is 41.3 Å². The second-order valence-electron chi connectivity index (χ2n) is 14.9. The zero-order chi connectivity index (χ0) is 37.1. The minimum absolute atomic E-state index is 0.118. The summed E-state index contributed by atoms with van der Waals surface area (Å²) in [5.41, 5.74) is 5.90. The van der Waals surface area contributed by atoms with Crippen LogP contribution in [0, 0.1) is 5.92 Å². The van der Waals surface area contributed by atoms with Gasteiger partial charge in [0.15, 0.2) is 6.23 Å². The summed E-state index contributed by atoms with van der Waals surface area (Å²) < 4.78 is 6.08. The fourth-order valence-electron chi connectivity index (χ4n) is 6.59. The smallest absolute Gasteiger partial charge is 0.239 e. The van der Waals surface area contributed by atoms with Crippen LogP contribution in [0.25, 0.3) is 0 Å². The maximum atomic E-state index is 13.8. The Hall–Kier alpha value is -1.79. The van der Waals surface area contributed by atoms with Crippen molar-refractivity contribution in [2.45, 2.75) is 206 Å². The monoisotopic (exact) mass is 713 g/mol. The highest BCUT2D eigenvalue weighted by molar-refractivity contribution is 5.87. The van der Waals surface area contributed by atoms with E-state index >= 15 is 0 Å². The van der Waals surface area contributed by atoms with Crippen LogP contribution in [-0.4, -0.2) is 94.3 Å². The first-order valence-corrected chi connectivity index (χ1v) is 20.3. The molecule has 0 bridgehead atoms. The van der Waals surface area contributed by atoms with E-state index in [0.717, 1.165) is 51.4 Å². The summed E-state index contributed by atoms with van der Waals surface area (Å²) in [7, 11) is 0. The molecule has 0 aliphatic carbocycles. The molecule has 1 aliphatic heterocycles. The van der Waals surface area contributed by atoms with Gasteiger partial charge in [0.2, 0.25) is 17.7 Å². The normalized spacial score (nSPS) is 21.3. The Kier molecular flexibility index (Phi) is 26.6. The SMILES string of the molecule is CCCCCCCCCCCCCCN(C(=O)CCCCCCCCCCC)[C@@H]1O[C@H](CO)[C@@H](O)[C@H](O)[C@H]1NC(=O)CNC(=O)[C@@H](N)C(C)C. The quantitative estimate of drug-likeness (QED) is 0.0533. The summed E-state index contributed by atoms with van der Waals surface area (Å²) in [5.74, 6) is -1.35. The molecular weight excluding hydrogens is 636 g/mol. The van der Waals surface area contributed by atoms with Gasteiger partial charge in [-0.05, 0) is 18.8 Å². The summed E-state index contributed by atoms with van der Waals surface area (Å²) in [4.78, 5) is 40.7. The summed E-state index contributed by atoms with van der Waals surface area (Å²) in [6.45, 7) is 7.48. The first kappa shape index (κ1) is 46.2. The van der Waals surface area contributed by atoms with Crippen LogP contribution in [-0.2, 0) is 19.1 Å². The summed E-state index contributed by atoms with van der Waals surface area (Å²) in [5, 5.41) is 37.0. The molecule has 50 heavy (non-hydrogen) atoms. The number of hydrogen-bond acceptors (Lipinski definition) is 8. The fraction of sp³-hybridized carbons (Fsp3) is 0.923. The highest BCUT2D eigenvalue weighted by Crippen LogP contribution is 2.26. The zero-order valence-corrected chi connectivity index (χ0v) is 32.2. The van der Waals surface area contributed by atoms with Gasteiger partial charge in [0.25, 0.3) is 0 Å². The third-order valence-electron chi connectivity index (χ3n) is 10.0. The maximum Gasteiger partial charge on any atom is 0.239 e. The number of unbranched alkanes of at least 4 members (excludes halogenated alkanes) is 19. The first-order valence-electron chi connectivity index (χ1n) is 20.3. The Morgan fingerprint density at radius 3 is 1.64 bits per heavy atom. The third-order valence-corrected chi connectivity index (χ3v) is 10.0. The molecule has 11 heteroatoms. The molecule has 0 aromatic heterocycles. The third kappa shape index (κ3) is 19.2. The lowest BCUT2D eigenvalue weighted by Gasteiger charge is -2.47. The molecule has 11 nitrogen and oxygen atoms in total. The number of aliphatic hydroxyl groups excluding tert-OH is 3. The van der Waals surface area contributed by atoms with E-state index in [9.17, 15) is 29.7 Å². The number of amides is 3. The predicted octanol–water partition coefficient (Wildman–Crippen LogP) is 5.46. The standard InChI is InChI=1S/C39H76N4O7/c1-5-7-9-11-13-15-16-17-19-21-23-25-27-43(33(46)26-24-22-20-18-14-12-10-8-6-2)39-35(37(48)36(47)31(29-44)50-39)42-32(45)28-41-38(49)34(40)30(3)4/h30-31,34-37,39,44,47-48H,5-29,40H2,1-4H3,(H,41,49)(H,42,45)/t31-,34+,35-,36-,37-,39-/m1/s1. The van der Waals surface area contributed by atoms with Gasteiger partial charge in [0.05, 0.1) is 19.2 Å². The van der Waals surface area contributed by atoms with Crippen LogP contribution >= 0.6 is 0 Å². The van der Waals surface area contributed by atoms with Gasteiger partial charge >= 0.3 is 0 Å². The molecule has 6 atom stereocenters. The van der Waals surface area contributed by atoms with Crippen molar-refractivity contribution in [3.8, 4) is 0 Å². The van der Waals surface area contributed by atoms with Crippen LogP contribution in [0.4, 0.5) is 0 Å². The van der Waals surface area contributed by atoms with E-state index in [4.69, 9.17) is 10.5 Å². The van der Waals surface area contributed by atoms with E-state index in [1.807, 2.05) is 0 Å². The van der Waals surface area contributed by atoms with Crippen LogP contribution < -0.4 is 16.4 Å². The number of hydrogen-bond donors (Lipinski definition) is 6. The minimum Gasteiger partial charge on any atom is -0.394 e. The number of nitrogens with one attached hydrogen (secondary N) is 2. The topological polar surface area (TPSA) is 174 Å². The summed E-state index contributed by atoms with van der Waals surface area (Å²) >= 11 is 0. The number of nitrogens with zero attached hydrogens (tertiary/aromatic N) is 1. The highest BCUT2D eigenvalue weighted by atomic mass is 16.5. The number of nitrogens with two attached hydrogens (primary N) is 1. The number of rotatable bonds is 30. The number of carbonyl (C=O) groups excluding carboxylic acids is 3. The molecule has 1 aliphatic rings. The molecule has 3 amide bonds. The van der Waals surface area contributed by atoms with E-state index in [-0.39, 0.29) is 18.4 Å². The fourth-order valence-corrected chi connectivity index (χ4v) is 6.59. The van der Waals surface area contributed by atoms with Crippen molar-refractivity contribution in [1.29, 1.82) is 0 Å². The van der Waals surface area contributed by atoms with E-state index in [1.165, 1.54) is 83.5 Å². The molecule has 1 saturated heterocycles. The van der Waals surface area contributed by atoms with Crippen molar-refractivity contribution < 1.29 is 34.4 Å². The molecule has 1 rings (SSSR count). The molecule has 0 radical (unpaired) electrons. The molecule has 0 aromatic rings. The zero-order valence-electron chi connectivity index (χ0n) is 32.2. The van der Waals surface area contributed by atoms with Crippen LogP contribution in [0.2, 0.25) is 0 Å². The van der Waals surface area contributed by atoms with E-state index in [2.05, 4.69) is 24.5 Å². The largest absolute Gasteiger partial charge is 0.394 e. The van der Waals surface area contributed by atoms with Gasteiger partial charge in [-0.25, -0.2) is 0 Å². The summed E-state index contributed by atoms with van der Waals surface area (Å²) in [6, 6.07) is -1.95. The van der Waals surface area contributed by atoms with Crippen molar-refractivity contribution in [2.75, 3.05) is 19.7 Å². The van der Waals surface area contributed by atoms with Gasteiger partial charge in [-0.3, -0.25) is 14.4 Å². The molecule has 0 saturated carbocycles. The molecule has 1 heterocycles. The van der Waals surface area contributed by atoms with Gasteiger partial charge in [-0.2, -0.15) is 0 Å². The Morgan fingerprint density at radius 1 is 0.720 bits per heavy atom. The number of aliphatic hydroxyl groups is 3. The van der Waals surface area contributed by atoms with Gasteiger partial charge in [-0.15, -0.1) is 0 Å². The molecule has 1 fully saturated rings. The molecular formula is C39H76N4O7.